The van der Waals surface area contributed by atoms with Crippen LogP contribution in [0.5, 0.6) is 0 Å². The first-order chi connectivity index (χ1) is 8.27. The van der Waals surface area contributed by atoms with Crippen LogP contribution in [0.25, 0.3) is 0 Å². The van der Waals surface area contributed by atoms with Crippen molar-refractivity contribution < 1.29 is 0 Å². The number of aryl methyl sites for hydroxylation is 2. The molecule has 17 heavy (non-hydrogen) atoms. The van der Waals surface area contributed by atoms with Gasteiger partial charge in [0.1, 0.15) is 0 Å². The number of hydrogen-bond acceptors (Lipinski definition) is 0. The largest absolute Gasteiger partial charge is 0.0620 e. The Morgan fingerprint density at radius 1 is 0.647 bits per heavy atom. The predicted molar refractivity (Wildman–Crippen MR) is 73.8 cm³/mol. The molecule has 0 aliphatic heterocycles. The lowest BCUT2D eigenvalue weighted by molar-refractivity contribution is 0.816. The minimum absolute atomic E-state index is 1.09. The molecule has 0 atom stereocenters. The fraction of sp³-hybridized carbons (Fsp3) is 0.176. The Hall–Kier alpha value is -1.56. The van der Waals surface area contributed by atoms with Gasteiger partial charge in [-0.25, -0.2) is 0 Å². The second-order valence-electron chi connectivity index (χ2n) is 4.39. The summed E-state index contributed by atoms with van der Waals surface area (Å²) in [6.45, 7) is 8.10. The maximum absolute atomic E-state index is 4.05. The topological polar surface area (TPSA) is 0 Å². The van der Waals surface area contributed by atoms with Crippen molar-refractivity contribution in [1.29, 1.82) is 0 Å². The number of benzene rings is 2. The normalized spacial score (nSPS) is 10.5. The van der Waals surface area contributed by atoms with Crippen molar-refractivity contribution in [2.24, 2.45) is 0 Å². The quantitative estimate of drug-likeness (QED) is 0.726. The molecule has 2 rings (SSSR count). The molecule has 0 saturated carbocycles. The van der Waals surface area contributed by atoms with Gasteiger partial charge in [-0.1, -0.05) is 48.5 Å². The van der Waals surface area contributed by atoms with E-state index in [1.54, 1.807) is 0 Å². The Labute approximate surface area is 104 Å². The van der Waals surface area contributed by atoms with Gasteiger partial charge < -0.3 is 0 Å². The van der Waals surface area contributed by atoms with Crippen LogP contribution in [0.3, 0.4) is 0 Å². The molecule has 0 N–H and O–H groups in total. The van der Waals surface area contributed by atoms with E-state index in [1.165, 1.54) is 11.1 Å². The van der Waals surface area contributed by atoms with Crippen LogP contribution in [0.15, 0.2) is 48.5 Å². The monoisotopic (exact) mass is 222 g/mol. The molecule has 0 bridgehead atoms. The van der Waals surface area contributed by atoms with E-state index < -0.39 is 0 Å². The summed E-state index contributed by atoms with van der Waals surface area (Å²) < 4.78 is 0. The fourth-order valence-corrected chi connectivity index (χ4v) is 2.07. The zero-order chi connectivity index (χ0) is 12.1. The highest BCUT2D eigenvalue weighted by molar-refractivity contribution is 5.31. The number of rotatable bonds is 4. The van der Waals surface area contributed by atoms with Crippen molar-refractivity contribution >= 4 is 0 Å². The minimum atomic E-state index is 1.09. The lowest BCUT2D eigenvalue weighted by Crippen LogP contribution is -1.94. The molecule has 86 valence electrons. The molecule has 0 nitrogen and oxygen atoms in total. The summed E-state index contributed by atoms with van der Waals surface area (Å²) in [7, 11) is 0. The summed E-state index contributed by atoms with van der Waals surface area (Å²) in [5.41, 5.74) is 5.01. The lowest BCUT2D eigenvalue weighted by Gasteiger charge is -2.07. The summed E-state index contributed by atoms with van der Waals surface area (Å²) in [5.74, 6) is 0. The standard InChI is InChI=1S/C17H18/c1-14-8-3-5-10-16(14)12-7-13-17-11-6-4-9-15(17)2/h3-6,8-11H,1-2,7,12-13H2. The van der Waals surface area contributed by atoms with Crippen LogP contribution in [0.1, 0.15) is 28.7 Å². The van der Waals surface area contributed by atoms with Gasteiger partial charge in [0.25, 0.3) is 0 Å². The summed E-state index contributed by atoms with van der Waals surface area (Å²) >= 11 is 0. The van der Waals surface area contributed by atoms with Crippen molar-refractivity contribution in [2.45, 2.75) is 19.3 Å². The van der Waals surface area contributed by atoms with Crippen LogP contribution >= 0.6 is 0 Å². The van der Waals surface area contributed by atoms with Gasteiger partial charge in [0.05, 0.1) is 0 Å². The fourth-order valence-electron chi connectivity index (χ4n) is 2.07. The number of hydrogen-bond donors (Lipinski definition) is 0. The van der Waals surface area contributed by atoms with Crippen molar-refractivity contribution in [3.05, 3.63) is 84.6 Å². The van der Waals surface area contributed by atoms with E-state index in [4.69, 9.17) is 0 Å². The second kappa shape index (κ2) is 5.67. The molecule has 2 aromatic carbocycles. The molecular formula is C17H18. The molecule has 0 amide bonds. The third-order valence-electron chi connectivity index (χ3n) is 3.13. The molecule has 0 aliphatic rings. The highest BCUT2D eigenvalue weighted by Gasteiger charge is 2.00. The van der Waals surface area contributed by atoms with E-state index >= 15 is 0 Å². The zero-order valence-corrected chi connectivity index (χ0v) is 10.2. The first kappa shape index (κ1) is 11.9. The molecule has 0 heteroatoms. The van der Waals surface area contributed by atoms with Gasteiger partial charge in [0.15, 0.2) is 0 Å². The van der Waals surface area contributed by atoms with Gasteiger partial charge >= 0.3 is 0 Å². The molecule has 0 saturated heterocycles. The van der Waals surface area contributed by atoms with Gasteiger partial charge in [-0.15, -0.1) is 0 Å². The molecule has 2 aromatic rings. The predicted octanol–water partition coefficient (Wildman–Crippen LogP) is 4.23. The van der Waals surface area contributed by atoms with E-state index in [1.807, 2.05) is 12.1 Å². The van der Waals surface area contributed by atoms with Crippen LogP contribution in [-0.2, 0) is 12.8 Å². The smallest absolute Gasteiger partial charge is 0.0235 e. The van der Waals surface area contributed by atoms with E-state index in [-0.39, 0.29) is 0 Å². The molecule has 0 aliphatic carbocycles. The highest BCUT2D eigenvalue weighted by Crippen LogP contribution is 2.14. The van der Waals surface area contributed by atoms with Gasteiger partial charge in [-0.05, 0) is 55.4 Å². The molecule has 2 radical (unpaired) electrons. The summed E-state index contributed by atoms with van der Waals surface area (Å²) in [6.07, 6.45) is 3.33. The van der Waals surface area contributed by atoms with E-state index in [0.29, 0.717) is 0 Å². The lowest BCUT2D eigenvalue weighted by atomic mass is 9.99. The average Bonchev–Trinajstić information content (AvgIpc) is 2.34. The second-order valence-corrected chi connectivity index (χ2v) is 4.39. The van der Waals surface area contributed by atoms with Crippen LogP contribution in [0.2, 0.25) is 0 Å². The molecule has 0 aromatic heterocycles. The summed E-state index contributed by atoms with van der Waals surface area (Å²) in [5, 5.41) is 0. The maximum atomic E-state index is 4.05. The molecule has 0 unspecified atom stereocenters. The SMILES string of the molecule is [CH2]c1ccccc1CCCc1ccccc1[CH2]. The van der Waals surface area contributed by atoms with Gasteiger partial charge in [0, 0.05) is 0 Å². The van der Waals surface area contributed by atoms with Gasteiger partial charge in [-0.3, -0.25) is 0 Å². The zero-order valence-electron chi connectivity index (χ0n) is 10.2. The van der Waals surface area contributed by atoms with E-state index in [2.05, 4.69) is 50.2 Å². The van der Waals surface area contributed by atoms with Crippen LogP contribution in [0, 0.1) is 13.8 Å². The van der Waals surface area contributed by atoms with E-state index in [0.717, 1.165) is 30.4 Å². The van der Waals surface area contributed by atoms with Crippen molar-refractivity contribution in [3.63, 3.8) is 0 Å². The van der Waals surface area contributed by atoms with Crippen molar-refractivity contribution in [3.8, 4) is 0 Å². The Kier molecular flexibility index (Phi) is 3.98. The molecule has 0 heterocycles. The highest BCUT2D eigenvalue weighted by atomic mass is 14.0. The third kappa shape index (κ3) is 3.20. The summed E-state index contributed by atoms with van der Waals surface area (Å²) in [6, 6.07) is 16.7. The van der Waals surface area contributed by atoms with Gasteiger partial charge in [-0.2, -0.15) is 0 Å². The summed E-state index contributed by atoms with van der Waals surface area (Å²) in [4.78, 5) is 0. The molecular weight excluding hydrogens is 204 g/mol. The van der Waals surface area contributed by atoms with Crippen molar-refractivity contribution in [1.82, 2.24) is 0 Å². The van der Waals surface area contributed by atoms with Crippen LogP contribution in [-0.4, -0.2) is 0 Å². The Bertz CT molecular complexity index is 437. The Balaban J connectivity index is 1.93. The molecule has 0 spiro atoms. The van der Waals surface area contributed by atoms with Crippen LogP contribution in [0.4, 0.5) is 0 Å². The first-order valence-corrected chi connectivity index (χ1v) is 6.07. The Morgan fingerprint density at radius 2 is 1.06 bits per heavy atom. The van der Waals surface area contributed by atoms with Gasteiger partial charge in [0.2, 0.25) is 0 Å². The van der Waals surface area contributed by atoms with Crippen molar-refractivity contribution in [2.75, 3.05) is 0 Å². The van der Waals surface area contributed by atoms with E-state index in [9.17, 15) is 0 Å². The first-order valence-electron chi connectivity index (χ1n) is 6.07. The average molecular weight is 222 g/mol. The maximum Gasteiger partial charge on any atom is -0.0235 e. The minimum Gasteiger partial charge on any atom is -0.0620 e. The Morgan fingerprint density at radius 3 is 1.47 bits per heavy atom. The third-order valence-corrected chi connectivity index (χ3v) is 3.13. The molecule has 0 fully saturated rings. The van der Waals surface area contributed by atoms with Crippen LogP contribution < -0.4 is 0 Å².